The lowest BCUT2D eigenvalue weighted by molar-refractivity contribution is 0.149. The monoisotopic (exact) mass is 225 g/mol. The predicted octanol–water partition coefficient (Wildman–Crippen LogP) is 3.10. The summed E-state index contributed by atoms with van der Waals surface area (Å²) in [6.07, 6.45) is 1.10. The molecule has 3 heteroatoms. The zero-order valence-electron chi connectivity index (χ0n) is 9.45. The van der Waals surface area contributed by atoms with Gasteiger partial charge >= 0.3 is 0 Å². The molecule has 0 aliphatic carbocycles. The fourth-order valence-electron chi connectivity index (χ4n) is 1.32. The van der Waals surface area contributed by atoms with E-state index in [0.717, 1.165) is 31.1 Å². The van der Waals surface area contributed by atoms with Crippen LogP contribution in [-0.2, 0) is 4.74 Å². The number of rotatable bonds is 6. The minimum absolute atomic E-state index is 0.811. The number of nitrogen functional groups attached to an aromatic ring is 1. The van der Waals surface area contributed by atoms with Crippen LogP contribution in [0.25, 0.3) is 0 Å². The van der Waals surface area contributed by atoms with Crippen molar-refractivity contribution in [3.8, 4) is 0 Å². The Balaban J connectivity index is 2.31. The summed E-state index contributed by atoms with van der Waals surface area (Å²) in [6.45, 7) is 5.79. The molecule has 2 nitrogen and oxygen atoms in total. The number of aryl methyl sites for hydroxylation is 1. The first kappa shape index (κ1) is 12.4. The number of anilines is 1. The topological polar surface area (TPSA) is 35.2 Å². The fourth-order valence-corrected chi connectivity index (χ4v) is 2.25. The lowest BCUT2D eigenvalue weighted by Gasteiger charge is -2.06. The van der Waals surface area contributed by atoms with Crippen LogP contribution >= 0.6 is 11.8 Å². The molecule has 0 fully saturated rings. The average molecular weight is 225 g/mol. The largest absolute Gasteiger partial charge is 0.399 e. The van der Waals surface area contributed by atoms with Crippen molar-refractivity contribution < 1.29 is 4.74 Å². The van der Waals surface area contributed by atoms with E-state index in [2.05, 4.69) is 13.0 Å². The Labute approximate surface area is 96.2 Å². The molecule has 1 aromatic rings. The molecular formula is C12H19NOS. The zero-order chi connectivity index (χ0) is 11.1. The number of benzene rings is 1. The van der Waals surface area contributed by atoms with E-state index in [4.69, 9.17) is 10.5 Å². The highest BCUT2D eigenvalue weighted by atomic mass is 32.2. The Morgan fingerprint density at radius 1 is 1.40 bits per heavy atom. The van der Waals surface area contributed by atoms with E-state index < -0.39 is 0 Å². The van der Waals surface area contributed by atoms with E-state index in [1.807, 2.05) is 30.8 Å². The van der Waals surface area contributed by atoms with Crippen molar-refractivity contribution in [1.82, 2.24) is 0 Å². The number of hydrogen-bond acceptors (Lipinski definition) is 3. The predicted molar refractivity (Wildman–Crippen MR) is 67.4 cm³/mol. The van der Waals surface area contributed by atoms with Gasteiger partial charge in [0, 0.05) is 29.5 Å². The maximum absolute atomic E-state index is 5.69. The molecule has 0 aliphatic rings. The standard InChI is InChI=1S/C12H19NOS/c1-3-14-7-4-8-15-12-6-5-11(13)9-10(12)2/h5-6,9H,3-4,7-8,13H2,1-2H3. The Bertz CT molecular complexity index is 302. The third-order valence-corrected chi connectivity index (χ3v) is 3.36. The maximum Gasteiger partial charge on any atom is 0.0473 e. The van der Waals surface area contributed by atoms with Crippen LogP contribution in [0, 0.1) is 6.92 Å². The molecule has 0 saturated carbocycles. The highest BCUT2D eigenvalue weighted by molar-refractivity contribution is 7.99. The number of nitrogens with two attached hydrogens (primary N) is 1. The summed E-state index contributed by atoms with van der Waals surface area (Å²) in [5.74, 6) is 1.10. The third-order valence-electron chi connectivity index (χ3n) is 2.09. The number of hydrogen-bond donors (Lipinski definition) is 1. The molecule has 0 unspecified atom stereocenters. The van der Waals surface area contributed by atoms with Crippen molar-refractivity contribution in [2.75, 3.05) is 24.7 Å². The Morgan fingerprint density at radius 2 is 2.20 bits per heavy atom. The molecule has 1 aromatic carbocycles. The van der Waals surface area contributed by atoms with Gasteiger partial charge in [0.15, 0.2) is 0 Å². The zero-order valence-corrected chi connectivity index (χ0v) is 10.3. The van der Waals surface area contributed by atoms with Crippen LogP contribution in [0.5, 0.6) is 0 Å². The van der Waals surface area contributed by atoms with Gasteiger partial charge < -0.3 is 10.5 Å². The van der Waals surface area contributed by atoms with Gasteiger partial charge in [-0.3, -0.25) is 0 Å². The van der Waals surface area contributed by atoms with E-state index in [-0.39, 0.29) is 0 Å². The average Bonchev–Trinajstić information content (AvgIpc) is 2.20. The van der Waals surface area contributed by atoms with Crippen LogP contribution in [0.15, 0.2) is 23.1 Å². The van der Waals surface area contributed by atoms with Crippen molar-refractivity contribution in [3.63, 3.8) is 0 Å². The quantitative estimate of drug-likeness (QED) is 0.459. The second-order valence-electron chi connectivity index (χ2n) is 3.42. The first-order valence-electron chi connectivity index (χ1n) is 5.30. The Morgan fingerprint density at radius 3 is 2.87 bits per heavy atom. The van der Waals surface area contributed by atoms with Gasteiger partial charge in [0.2, 0.25) is 0 Å². The van der Waals surface area contributed by atoms with Gasteiger partial charge in [0.05, 0.1) is 0 Å². The van der Waals surface area contributed by atoms with Gasteiger partial charge in [0.25, 0.3) is 0 Å². The van der Waals surface area contributed by atoms with Crippen molar-refractivity contribution in [3.05, 3.63) is 23.8 Å². The lowest BCUT2D eigenvalue weighted by Crippen LogP contribution is -1.95. The summed E-state index contributed by atoms with van der Waals surface area (Å²) in [5, 5.41) is 0. The second kappa shape index (κ2) is 6.75. The van der Waals surface area contributed by atoms with Crippen molar-refractivity contribution >= 4 is 17.4 Å². The molecule has 1 rings (SSSR count). The van der Waals surface area contributed by atoms with Crippen LogP contribution in [0.1, 0.15) is 18.9 Å². The first-order chi connectivity index (χ1) is 7.24. The first-order valence-corrected chi connectivity index (χ1v) is 6.29. The molecule has 2 N–H and O–H groups in total. The van der Waals surface area contributed by atoms with Crippen LogP contribution in [0.4, 0.5) is 5.69 Å². The number of ether oxygens (including phenoxy) is 1. The molecule has 0 bridgehead atoms. The summed E-state index contributed by atoms with van der Waals surface area (Å²) in [6, 6.07) is 6.07. The van der Waals surface area contributed by atoms with Gasteiger partial charge in [0.1, 0.15) is 0 Å². The SMILES string of the molecule is CCOCCCSc1ccc(N)cc1C. The molecule has 15 heavy (non-hydrogen) atoms. The smallest absolute Gasteiger partial charge is 0.0473 e. The van der Waals surface area contributed by atoms with Gasteiger partial charge in [-0.1, -0.05) is 0 Å². The van der Waals surface area contributed by atoms with E-state index >= 15 is 0 Å². The molecule has 0 aromatic heterocycles. The molecule has 0 heterocycles. The van der Waals surface area contributed by atoms with Crippen LogP contribution in [-0.4, -0.2) is 19.0 Å². The summed E-state index contributed by atoms with van der Waals surface area (Å²) in [4.78, 5) is 1.32. The Kier molecular flexibility index (Phi) is 5.58. The van der Waals surface area contributed by atoms with Gasteiger partial charge in [-0.05, 0) is 44.0 Å². The summed E-state index contributed by atoms with van der Waals surface area (Å²) in [5.41, 5.74) is 7.79. The minimum atomic E-state index is 0.811. The third kappa shape index (κ3) is 4.58. The molecule has 0 spiro atoms. The van der Waals surface area contributed by atoms with Gasteiger partial charge in [-0.15, -0.1) is 11.8 Å². The molecule has 0 amide bonds. The van der Waals surface area contributed by atoms with E-state index in [1.54, 1.807) is 0 Å². The van der Waals surface area contributed by atoms with Crippen LogP contribution in [0.2, 0.25) is 0 Å². The van der Waals surface area contributed by atoms with E-state index in [1.165, 1.54) is 10.5 Å². The van der Waals surface area contributed by atoms with Crippen LogP contribution < -0.4 is 5.73 Å². The minimum Gasteiger partial charge on any atom is -0.399 e. The molecule has 0 radical (unpaired) electrons. The second-order valence-corrected chi connectivity index (χ2v) is 4.56. The lowest BCUT2D eigenvalue weighted by atomic mass is 10.2. The van der Waals surface area contributed by atoms with Crippen molar-refractivity contribution in [1.29, 1.82) is 0 Å². The molecule has 0 atom stereocenters. The molecular weight excluding hydrogens is 206 g/mol. The summed E-state index contributed by atoms with van der Waals surface area (Å²) >= 11 is 1.87. The van der Waals surface area contributed by atoms with Crippen molar-refractivity contribution in [2.45, 2.75) is 25.2 Å². The van der Waals surface area contributed by atoms with Crippen LogP contribution in [0.3, 0.4) is 0 Å². The normalized spacial score (nSPS) is 10.5. The summed E-state index contributed by atoms with van der Waals surface area (Å²) in [7, 11) is 0. The number of thioether (sulfide) groups is 1. The van der Waals surface area contributed by atoms with Gasteiger partial charge in [-0.25, -0.2) is 0 Å². The summed E-state index contributed by atoms with van der Waals surface area (Å²) < 4.78 is 5.29. The fraction of sp³-hybridized carbons (Fsp3) is 0.500. The molecule has 84 valence electrons. The van der Waals surface area contributed by atoms with E-state index in [0.29, 0.717) is 0 Å². The Hall–Kier alpha value is -0.670. The maximum atomic E-state index is 5.69. The van der Waals surface area contributed by atoms with Crippen molar-refractivity contribution in [2.24, 2.45) is 0 Å². The highest BCUT2D eigenvalue weighted by Gasteiger charge is 1.99. The molecule has 0 saturated heterocycles. The highest BCUT2D eigenvalue weighted by Crippen LogP contribution is 2.24. The molecule has 0 aliphatic heterocycles. The van der Waals surface area contributed by atoms with Gasteiger partial charge in [-0.2, -0.15) is 0 Å². The van der Waals surface area contributed by atoms with E-state index in [9.17, 15) is 0 Å².